The molecule has 0 saturated carbocycles. The molecule has 0 unspecified atom stereocenters. The molecule has 0 aliphatic rings. The third kappa shape index (κ3) is 4.84. The Morgan fingerprint density at radius 2 is 1.71 bits per heavy atom. The van der Waals surface area contributed by atoms with Crippen molar-refractivity contribution < 1.29 is 9.72 Å². The van der Waals surface area contributed by atoms with Crippen LogP contribution in [0.5, 0.6) is 0 Å². The van der Waals surface area contributed by atoms with Crippen LogP contribution < -0.4 is 5.32 Å². The van der Waals surface area contributed by atoms with E-state index < -0.39 is 4.92 Å². The topological polar surface area (TPSA) is 72.2 Å². The van der Waals surface area contributed by atoms with E-state index in [2.05, 4.69) is 5.32 Å². The number of rotatable bonds is 6. The van der Waals surface area contributed by atoms with Crippen molar-refractivity contribution >= 4 is 34.8 Å². The largest absolute Gasteiger partial charge is 0.348 e. The number of hydrogen-bond acceptors (Lipinski definition) is 3. The van der Waals surface area contributed by atoms with Gasteiger partial charge >= 0.3 is 0 Å². The second kappa shape index (κ2) is 8.97. The molecule has 0 heterocycles. The predicted octanol–water partition coefficient (Wildman–Crippen LogP) is 5.11. The van der Waals surface area contributed by atoms with Crippen molar-refractivity contribution in [2.75, 3.05) is 0 Å². The lowest BCUT2D eigenvalue weighted by Crippen LogP contribution is -2.24. The molecule has 28 heavy (non-hydrogen) atoms. The molecule has 140 valence electrons. The van der Waals surface area contributed by atoms with Crippen LogP contribution in [0.1, 0.15) is 16.7 Å². The van der Waals surface area contributed by atoms with E-state index in [9.17, 15) is 14.9 Å². The maximum Gasteiger partial charge on any atom is 0.270 e. The van der Waals surface area contributed by atoms with Crippen LogP contribution in [-0.4, -0.2) is 10.8 Å². The second-order valence-electron chi connectivity index (χ2n) is 6.05. The van der Waals surface area contributed by atoms with Crippen LogP contribution in [0.2, 0.25) is 5.02 Å². The molecule has 1 amide bonds. The Balaban J connectivity index is 1.91. The lowest BCUT2D eigenvalue weighted by molar-refractivity contribution is -0.384. The normalized spacial score (nSPS) is 11.1. The molecule has 6 heteroatoms. The quantitative estimate of drug-likeness (QED) is 0.274. The minimum absolute atomic E-state index is 0.0300. The molecule has 1 N–H and O–H groups in total. The molecule has 3 rings (SSSR count). The van der Waals surface area contributed by atoms with E-state index >= 15 is 0 Å². The fourth-order valence-corrected chi connectivity index (χ4v) is 2.91. The van der Waals surface area contributed by atoms with Gasteiger partial charge in [0.25, 0.3) is 11.6 Å². The van der Waals surface area contributed by atoms with Crippen molar-refractivity contribution in [1.29, 1.82) is 0 Å². The Morgan fingerprint density at radius 3 is 2.43 bits per heavy atom. The number of non-ortho nitro benzene ring substituents is 1. The number of carbonyl (C=O) groups is 1. The van der Waals surface area contributed by atoms with Gasteiger partial charge < -0.3 is 5.32 Å². The van der Waals surface area contributed by atoms with Gasteiger partial charge in [-0.25, -0.2) is 0 Å². The average Bonchev–Trinajstić information content (AvgIpc) is 2.72. The molecule has 3 aromatic carbocycles. The zero-order chi connectivity index (χ0) is 19.9. The summed E-state index contributed by atoms with van der Waals surface area (Å²) in [4.78, 5) is 23.5. The van der Waals surface area contributed by atoms with E-state index in [1.165, 1.54) is 12.1 Å². The van der Waals surface area contributed by atoms with E-state index in [4.69, 9.17) is 11.6 Å². The van der Waals surface area contributed by atoms with Gasteiger partial charge in [0.15, 0.2) is 0 Å². The van der Waals surface area contributed by atoms with Crippen molar-refractivity contribution in [3.05, 3.63) is 111 Å². The first-order valence-electron chi connectivity index (χ1n) is 8.58. The van der Waals surface area contributed by atoms with Crippen LogP contribution in [0.3, 0.4) is 0 Å². The van der Waals surface area contributed by atoms with Gasteiger partial charge in [-0.1, -0.05) is 72.3 Å². The van der Waals surface area contributed by atoms with Crippen molar-refractivity contribution in [1.82, 2.24) is 5.32 Å². The molecular formula is C22H17ClN2O3. The van der Waals surface area contributed by atoms with Crippen LogP contribution in [0, 0.1) is 10.1 Å². The van der Waals surface area contributed by atoms with Gasteiger partial charge in [0.1, 0.15) is 0 Å². The molecule has 0 spiro atoms. The highest BCUT2D eigenvalue weighted by atomic mass is 35.5. The van der Waals surface area contributed by atoms with Gasteiger partial charge in [0.2, 0.25) is 0 Å². The van der Waals surface area contributed by atoms with Crippen molar-refractivity contribution in [2.24, 2.45) is 0 Å². The fourth-order valence-electron chi connectivity index (χ4n) is 2.70. The van der Waals surface area contributed by atoms with Crippen LogP contribution in [0.4, 0.5) is 5.69 Å². The smallest absolute Gasteiger partial charge is 0.270 e. The molecule has 0 fully saturated rings. The Hall–Kier alpha value is -3.44. The molecule has 3 aromatic rings. The summed E-state index contributed by atoms with van der Waals surface area (Å²) in [6, 6.07) is 22.6. The molecule has 5 nitrogen and oxygen atoms in total. The standard InChI is InChI=1S/C22H17ClN2O3/c23-21-12-5-4-10-18(21)15-24-22(26)20(17-8-2-1-3-9-17)14-16-7-6-11-19(13-16)25(27)28/h1-14H,15H2,(H,24,26). The zero-order valence-corrected chi connectivity index (χ0v) is 15.6. The van der Waals surface area contributed by atoms with Gasteiger partial charge in [-0.2, -0.15) is 0 Å². The molecule has 0 aliphatic carbocycles. The van der Waals surface area contributed by atoms with Gasteiger partial charge in [0, 0.05) is 29.3 Å². The number of nitrogens with zero attached hydrogens (tertiary/aromatic N) is 1. The number of benzene rings is 3. The summed E-state index contributed by atoms with van der Waals surface area (Å²) in [5, 5.41) is 14.5. The highest BCUT2D eigenvalue weighted by molar-refractivity contribution is 6.31. The molecule has 0 aliphatic heterocycles. The molecular weight excluding hydrogens is 376 g/mol. The summed E-state index contributed by atoms with van der Waals surface area (Å²) in [6.07, 6.45) is 1.64. The minimum atomic E-state index is -0.461. The number of carbonyl (C=O) groups excluding carboxylic acids is 1. The first-order valence-corrected chi connectivity index (χ1v) is 8.95. The maximum absolute atomic E-state index is 12.9. The third-order valence-corrected chi connectivity index (χ3v) is 4.49. The Kier molecular flexibility index (Phi) is 6.19. The lowest BCUT2D eigenvalue weighted by atomic mass is 10.0. The molecule has 0 aromatic heterocycles. The van der Waals surface area contributed by atoms with E-state index in [0.29, 0.717) is 21.7 Å². The Morgan fingerprint density at radius 1 is 1.00 bits per heavy atom. The number of hydrogen-bond donors (Lipinski definition) is 1. The first kappa shape index (κ1) is 19.3. The van der Waals surface area contributed by atoms with Crippen molar-refractivity contribution in [3.8, 4) is 0 Å². The average molecular weight is 393 g/mol. The maximum atomic E-state index is 12.9. The number of amides is 1. The van der Waals surface area contributed by atoms with Gasteiger partial charge in [-0.05, 0) is 28.8 Å². The predicted molar refractivity (Wildman–Crippen MR) is 111 cm³/mol. The molecule has 0 saturated heterocycles. The number of nitrogens with one attached hydrogen (secondary N) is 1. The first-order chi connectivity index (χ1) is 13.5. The van der Waals surface area contributed by atoms with E-state index in [1.807, 2.05) is 48.5 Å². The van der Waals surface area contributed by atoms with Crippen LogP contribution in [0.25, 0.3) is 11.6 Å². The van der Waals surface area contributed by atoms with E-state index in [-0.39, 0.29) is 18.1 Å². The molecule has 0 bridgehead atoms. The Labute approximate surface area is 167 Å². The minimum Gasteiger partial charge on any atom is -0.348 e. The monoisotopic (exact) mass is 392 g/mol. The summed E-state index contributed by atoms with van der Waals surface area (Å²) in [7, 11) is 0. The lowest BCUT2D eigenvalue weighted by Gasteiger charge is -2.11. The summed E-state index contributed by atoms with van der Waals surface area (Å²) in [6.45, 7) is 0.275. The Bertz CT molecular complexity index is 1030. The van der Waals surface area contributed by atoms with Gasteiger partial charge in [-0.3, -0.25) is 14.9 Å². The highest BCUT2D eigenvalue weighted by Crippen LogP contribution is 2.22. The summed E-state index contributed by atoms with van der Waals surface area (Å²) >= 11 is 6.15. The second-order valence-corrected chi connectivity index (χ2v) is 6.46. The van der Waals surface area contributed by atoms with Crippen LogP contribution >= 0.6 is 11.6 Å². The van der Waals surface area contributed by atoms with E-state index in [0.717, 1.165) is 5.56 Å². The summed E-state index contributed by atoms with van der Waals surface area (Å²) in [5.41, 5.74) is 2.47. The summed E-state index contributed by atoms with van der Waals surface area (Å²) < 4.78 is 0. The van der Waals surface area contributed by atoms with Crippen molar-refractivity contribution in [3.63, 3.8) is 0 Å². The summed E-state index contributed by atoms with van der Waals surface area (Å²) in [5.74, 6) is -0.294. The van der Waals surface area contributed by atoms with Crippen molar-refractivity contribution in [2.45, 2.75) is 6.54 Å². The third-order valence-electron chi connectivity index (χ3n) is 4.12. The van der Waals surface area contributed by atoms with Gasteiger partial charge in [-0.15, -0.1) is 0 Å². The SMILES string of the molecule is O=C(NCc1ccccc1Cl)C(=Cc1cccc([N+](=O)[O-])c1)c1ccccc1. The fraction of sp³-hybridized carbons (Fsp3) is 0.0455. The molecule has 0 atom stereocenters. The molecule has 0 radical (unpaired) electrons. The van der Waals surface area contributed by atoms with E-state index in [1.54, 1.807) is 24.3 Å². The number of halogens is 1. The van der Waals surface area contributed by atoms with Gasteiger partial charge in [0.05, 0.1) is 4.92 Å². The van der Waals surface area contributed by atoms with Crippen LogP contribution in [0.15, 0.2) is 78.9 Å². The highest BCUT2D eigenvalue weighted by Gasteiger charge is 2.13. The van der Waals surface area contributed by atoms with Crippen LogP contribution in [-0.2, 0) is 11.3 Å². The number of nitro benzene ring substituents is 1. The number of nitro groups is 1. The zero-order valence-electron chi connectivity index (χ0n) is 14.8.